The van der Waals surface area contributed by atoms with E-state index in [0.29, 0.717) is 5.76 Å². The third-order valence-electron chi connectivity index (χ3n) is 5.53. The van der Waals surface area contributed by atoms with Crippen LogP contribution >= 0.6 is 0 Å². The number of fused-ring (bicyclic) bond motifs is 1. The molecule has 0 unspecified atom stereocenters. The molecule has 28 heavy (non-hydrogen) atoms. The number of carbonyl (C=O) groups is 1. The van der Waals surface area contributed by atoms with E-state index >= 15 is 0 Å². The van der Waals surface area contributed by atoms with Gasteiger partial charge in [0.25, 0.3) is 0 Å². The fourth-order valence-electron chi connectivity index (χ4n) is 4.12. The summed E-state index contributed by atoms with van der Waals surface area (Å²) in [6.45, 7) is 8.19. The Balaban J connectivity index is 1.61. The molecule has 0 aliphatic heterocycles. The Bertz CT molecular complexity index is 981. The molecule has 2 aromatic heterocycles. The van der Waals surface area contributed by atoms with Gasteiger partial charge in [-0.25, -0.2) is 4.68 Å². The predicted octanol–water partition coefficient (Wildman–Crippen LogP) is 3.85. The molecule has 6 heteroatoms. The number of hydrogen-bond acceptors (Lipinski definition) is 4. The summed E-state index contributed by atoms with van der Waals surface area (Å²) >= 11 is 0. The average Bonchev–Trinajstić information content (AvgIpc) is 3.20. The van der Waals surface area contributed by atoms with Gasteiger partial charge in [0, 0.05) is 11.1 Å². The van der Waals surface area contributed by atoms with Crippen molar-refractivity contribution in [2.75, 3.05) is 0 Å². The number of nitrogens with one attached hydrogen (secondary N) is 1. The van der Waals surface area contributed by atoms with Crippen molar-refractivity contribution in [3.8, 4) is 5.69 Å². The first-order chi connectivity index (χ1) is 13.3. The summed E-state index contributed by atoms with van der Waals surface area (Å²) in [7, 11) is 0. The molecular weight excluding hydrogens is 352 g/mol. The predicted molar refractivity (Wildman–Crippen MR) is 106 cm³/mol. The fraction of sp³-hybridized carbons (Fsp3) is 0.409. The lowest BCUT2D eigenvalue weighted by Crippen LogP contribution is -2.37. The Kier molecular flexibility index (Phi) is 4.57. The van der Waals surface area contributed by atoms with Crippen LogP contribution in [-0.2, 0) is 17.6 Å². The van der Waals surface area contributed by atoms with Crippen LogP contribution in [0.2, 0.25) is 0 Å². The van der Waals surface area contributed by atoms with Crippen LogP contribution in [0.5, 0.6) is 0 Å². The van der Waals surface area contributed by atoms with Crippen LogP contribution in [0.15, 0.2) is 41.1 Å². The summed E-state index contributed by atoms with van der Waals surface area (Å²) < 4.78 is 7.19. The molecule has 0 saturated carbocycles. The molecule has 1 amide bonds. The molecule has 0 saturated heterocycles. The minimum atomic E-state index is -0.0517. The topological polar surface area (TPSA) is 73.0 Å². The lowest BCUT2D eigenvalue weighted by molar-refractivity contribution is -0.121. The normalized spacial score (nSPS) is 17.9. The zero-order valence-electron chi connectivity index (χ0n) is 16.8. The van der Waals surface area contributed by atoms with Gasteiger partial charge in [-0.15, -0.1) is 0 Å². The fourth-order valence-corrected chi connectivity index (χ4v) is 4.12. The molecule has 1 aliphatic carbocycles. The molecule has 1 aliphatic rings. The number of carbonyl (C=O) groups excluding carboxylic acids is 1. The highest BCUT2D eigenvalue weighted by molar-refractivity contribution is 5.79. The van der Waals surface area contributed by atoms with E-state index in [9.17, 15) is 4.79 Å². The van der Waals surface area contributed by atoms with Crippen molar-refractivity contribution in [1.29, 1.82) is 0 Å². The van der Waals surface area contributed by atoms with E-state index < -0.39 is 0 Å². The zero-order chi connectivity index (χ0) is 19.9. The van der Waals surface area contributed by atoms with Gasteiger partial charge in [0.2, 0.25) is 5.91 Å². The van der Waals surface area contributed by atoms with Gasteiger partial charge in [0.15, 0.2) is 0 Å². The maximum atomic E-state index is 12.8. The maximum Gasteiger partial charge on any atom is 0.225 e. The first-order valence-electron chi connectivity index (χ1n) is 9.67. The van der Waals surface area contributed by atoms with Crippen LogP contribution in [0, 0.1) is 19.3 Å². The monoisotopic (exact) mass is 378 g/mol. The number of amides is 1. The van der Waals surface area contributed by atoms with Gasteiger partial charge in [-0.3, -0.25) is 4.79 Å². The molecule has 0 spiro atoms. The van der Waals surface area contributed by atoms with E-state index in [1.165, 1.54) is 5.69 Å². The number of rotatable bonds is 4. The molecule has 146 valence electrons. The minimum absolute atomic E-state index is 0.0180. The van der Waals surface area contributed by atoms with E-state index in [0.717, 1.165) is 35.3 Å². The number of aryl methyl sites for hydroxylation is 2. The molecule has 0 fully saturated rings. The Morgan fingerprint density at radius 2 is 2.04 bits per heavy atom. The number of benzene rings is 1. The van der Waals surface area contributed by atoms with Gasteiger partial charge in [0.05, 0.1) is 35.7 Å². The Hall–Kier alpha value is -2.89. The van der Waals surface area contributed by atoms with Crippen molar-refractivity contribution in [2.24, 2.45) is 5.41 Å². The number of para-hydroxylation sites is 1. The summed E-state index contributed by atoms with van der Waals surface area (Å²) in [5.41, 5.74) is 5.03. The summed E-state index contributed by atoms with van der Waals surface area (Å²) in [4.78, 5) is 12.8. The Morgan fingerprint density at radius 3 is 2.71 bits per heavy atom. The highest BCUT2D eigenvalue weighted by Gasteiger charge is 2.36. The van der Waals surface area contributed by atoms with Gasteiger partial charge in [-0.2, -0.15) is 5.10 Å². The van der Waals surface area contributed by atoms with Crippen molar-refractivity contribution in [2.45, 2.75) is 53.0 Å². The first kappa shape index (κ1) is 18.5. The molecule has 0 bridgehead atoms. The standard InChI is InChI=1S/C22H26N4O2/c1-14-17(15(2)28-25-14)10-21(27)24-19-11-22(3,4)12-20-18(19)13-23-26(20)16-8-6-5-7-9-16/h5-9,13,19H,10-12H2,1-4H3,(H,24,27)/t19-/m0/s1. The minimum Gasteiger partial charge on any atom is -0.361 e. The van der Waals surface area contributed by atoms with Crippen molar-refractivity contribution in [3.05, 3.63) is 64.8 Å². The molecule has 4 rings (SSSR count). The molecule has 3 aromatic rings. The highest BCUT2D eigenvalue weighted by Crippen LogP contribution is 2.41. The van der Waals surface area contributed by atoms with Gasteiger partial charge in [-0.05, 0) is 44.2 Å². The summed E-state index contributed by atoms with van der Waals surface area (Å²) in [5.74, 6) is 0.685. The average molecular weight is 378 g/mol. The van der Waals surface area contributed by atoms with Gasteiger partial charge in [0.1, 0.15) is 5.76 Å². The van der Waals surface area contributed by atoms with E-state index in [4.69, 9.17) is 4.52 Å². The number of aromatic nitrogens is 3. The van der Waals surface area contributed by atoms with Crippen molar-refractivity contribution >= 4 is 5.91 Å². The quantitative estimate of drug-likeness (QED) is 0.748. The molecule has 0 radical (unpaired) electrons. The van der Waals surface area contributed by atoms with Crippen molar-refractivity contribution in [1.82, 2.24) is 20.3 Å². The van der Waals surface area contributed by atoms with Crippen LogP contribution in [0.1, 0.15) is 54.6 Å². The van der Waals surface area contributed by atoms with E-state index in [-0.39, 0.29) is 23.8 Å². The van der Waals surface area contributed by atoms with Crippen LogP contribution in [0.4, 0.5) is 0 Å². The maximum absolute atomic E-state index is 12.8. The summed E-state index contributed by atoms with van der Waals surface area (Å²) in [6.07, 6.45) is 3.99. The summed E-state index contributed by atoms with van der Waals surface area (Å²) in [6, 6.07) is 10.1. The van der Waals surface area contributed by atoms with Crippen LogP contribution < -0.4 is 5.32 Å². The highest BCUT2D eigenvalue weighted by atomic mass is 16.5. The zero-order valence-corrected chi connectivity index (χ0v) is 16.8. The van der Waals surface area contributed by atoms with Gasteiger partial charge < -0.3 is 9.84 Å². The second-order valence-corrected chi connectivity index (χ2v) is 8.44. The molecule has 1 N–H and O–H groups in total. The molecule has 2 heterocycles. The first-order valence-corrected chi connectivity index (χ1v) is 9.67. The Morgan fingerprint density at radius 1 is 1.29 bits per heavy atom. The van der Waals surface area contributed by atoms with Crippen molar-refractivity contribution < 1.29 is 9.32 Å². The van der Waals surface area contributed by atoms with E-state index in [2.05, 4.69) is 41.6 Å². The second kappa shape index (κ2) is 6.93. The molecular formula is C22H26N4O2. The third-order valence-corrected chi connectivity index (χ3v) is 5.53. The lowest BCUT2D eigenvalue weighted by atomic mass is 9.74. The Labute approximate surface area is 164 Å². The second-order valence-electron chi connectivity index (χ2n) is 8.44. The molecule has 1 aromatic carbocycles. The molecule has 6 nitrogen and oxygen atoms in total. The van der Waals surface area contributed by atoms with Crippen LogP contribution in [0.25, 0.3) is 5.69 Å². The van der Waals surface area contributed by atoms with Crippen molar-refractivity contribution in [3.63, 3.8) is 0 Å². The third kappa shape index (κ3) is 3.46. The largest absolute Gasteiger partial charge is 0.361 e. The van der Waals surface area contributed by atoms with Crippen LogP contribution in [-0.4, -0.2) is 20.8 Å². The van der Waals surface area contributed by atoms with E-state index in [1.54, 1.807) is 0 Å². The smallest absolute Gasteiger partial charge is 0.225 e. The van der Waals surface area contributed by atoms with Crippen LogP contribution in [0.3, 0.4) is 0 Å². The van der Waals surface area contributed by atoms with Gasteiger partial charge in [-0.1, -0.05) is 37.2 Å². The van der Waals surface area contributed by atoms with E-state index in [1.807, 2.05) is 42.9 Å². The summed E-state index contributed by atoms with van der Waals surface area (Å²) in [5, 5.41) is 11.8. The molecule has 1 atom stereocenters. The van der Waals surface area contributed by atoms with Gasteiger partial charge >= 0.3 is 0 Å². The lowest BCUT2D eigenvalue weighted by Gasteiger charge is -2.36. The number of nitrogens with zero attached hydrogens (tertiary/aromatic N) is 3. The number of hydrogen-bond donors (Lipinski definition) is 1. The SMILES string of the molecule is Cc1noc(C)c1CC(=O)N[C@H]1CC(C)(C)Cc2c1cnn2-c1ccccc1.